The van der Waals surface area contributed by atoms with Gasteiger partial charge in [-0.1, -0.05) is 48.5 Å². The molecule has 1 atom stereocenters. The molecule has 1 fully saturated rings. The lowest BCUT2D eigenvalue weighted by Crippen LogP contribution is -2.41. The summed E-state index contributed by atoms with van der Waals surface area (Å²) >= 11 is 0. The second-order valence-corrected chi connectivity index (χ2v) is 6.61. The van der Waals surface area contributed by atoms with Crippen molar-refractivity contribution in [3.63, 3.8) is 0 Å². The highest BCUT2D eigenvalue weighted by Crippen LogP contribution is 2.31. The molecule has 1 aliphatic heterocycles. The standard InChI is InChI=1S/C22H21NO3/c1-2-26-22(25)23-13-7-12-20(23)21(24)19-14-15-8-3-4-9-16(15)17-10-5-6-11-18(17)19/h3-6,8-11,14,20H,2,7,12-13H2,1H3/t20-/m0/s1. The Balaban J connectivity index is 1.82. The molecule has 4 nitrogen and oxygen atoms in total. The molecule has 132 valence electrons. The SMILES string of the molecule is CCOC(=O)N1CCC[C@H]1C(=O)c1cc2ccccc2c2ccccc12. The van der Waals surface area contributed by atoms with Crippen LogP contribution in [0.4, 0.5) is 4.79 Å². The largest absolute Gasteiger partial charge is 0.450 e. The van der Waals surface area contributed by atoms with E-state index in [0.717, 1.165) is 28.0 Å². The zero-order valence-electron chi connectivity index (χ0n) is 14.8. The molecule has 26 heavy (non-hydrogen) atoms. The van der Waals surface area contributed by atoms with Crippen molar-refractivity contribution >= 4 is 33.4 Å². The Bertz CT molecular complexity index is 995. The molecule has 4 heteroatoms. The Kier molecular flexibility index (Phi) is 4.33. The van der Waals surface area contributed by atoms with Gasteiger partial charge in [0.1, 0.15) is 0 Å². The molecular formula is C22H21NO3. The average Bonchev–Trinajstić information content (AvgIpc) is 3.17. The van der Waals surface area contributed by atoms with Crippen molar-refractivity contribution in [1.29, 1.82) is 0 Å². The van der Waals surface area contributed by atoms with Gasteiger partial charge in [0.2, 0.25) is 0 Å². The van der Waals surface area contributed by atoms with Gasteiger partial charge in [0.05, 0.1) is 12.6 Å². The van der Waals surface area contributed by atoms with Crippen molar-refractivity contribution in [2.75, 3.05) is 13.2 Å². The quantitative estimate of drug-likeness (QED) is 0.505. The van der Waals surface area contributed by atoms with E-state index in [9.17, 15) is 9.59 Å². The number of amides is 1. The molecule has 1 heterocycles. The van der Waals surface area contributed by atoms with Crippen molar-refractivity contribution in [3.8, 4) is 0 Å². The Morgan fingerprint density at radius 3 is 2.50 bits per heavy atom. The van der Waals surface area contributed by atoms with E-state index in [1.165, 1.54) is 0 Å². The van der Waals surface area contributed by atoms with E-state index in [-0.39, 0.29) is 5.78 Å². The number of hydrogen-bond donors (Lipinski definition) is 0. The minimum atomic E-state index is -0.446. The number of hydrogen-bond acceptors (Lipinski definition) is 3. The molecule has 0 N–H and O–H groups in total. The first-order valence-corrected chi connectivity index (χ1v) is 9.09. The monoisotopic (exact) mass is 347 g/mol. The van der Waals surface area contributed by atoms with Gasteiger partial charge in [0, 0.05) is 12.1 Å². The summed E-state index contributed by atoms with van der Waals surface area (Å²) in [6.45, 7) is 2.66. The Labute approximate surface area is 152 Å². The third-order valence-electron chi connectivity index (χ3n) is 5.09. The van der Waals surface area contributed by atoms with Gasteiger partial charge in [0.15, 0.2) is 5.78 Å². The molecule has 1 saturated heterocycles. The molecule has 4 rings (SSSR count). The van der Waals surface area contributed by atoms with E-state index in [2.05, 4.69) is 6.07 Å². The number of ether oxygens (including phenoxy) is 1. The van der Waals surface area contributed by atoms with Crippen LogP contribution in [0.15, 0.2) is 54.6 Å². The molecule has 0 unspecified atom stereocenters. The Morgan fingerprint density at radius 1 is 1.04 bits per heavy atom. The topological polar surface area (TPSA) is 46.6 Å². The number of nitrogens with zero attached hydrogens (tertiary/aromatic N) is 1. The summed E-state index contributed by atoms with van der Waals surface area (Å²) in [5, 5.41) is 4.17. The molecular weight excluding hydrogens is 326 g/mol. The highest BCUT2D eigenvalue weighted by Gasteiger charge is 2.36. The van der Waals surface area contributed by atoms with E-state index in [1.54, 1.807) is 11.8 Å². The van der Waals surface area contributed by atoms with Gasteiger partial charge < -0.3 is 4.74 Å². The van der Waals surface area contributed by atoms with E-state index >= 15 is 0 Å². The Hall–Kier alpha value is -2.88. The number of carbonyl (C=O) groups is 2. The van der Waals surface area contributed by atoms with Crippen LogP contribution >= 0.6 is 0 Å². The van der Waals surface area contributed by atoms with Crippen LogP contribution in [0, 0.1) is 0 Å². The second kappa shape index (κ2) is 6.79. The lowest BCUT2D eigenvalue weighted by Gasteiger charge is -2.23. The molecule has 0 bridgehead atoms. The van der Waals surface area contributed by atoms with Gasteiger partial charge in [-0.2, -0.15) is 0 Å². The molecule has 0 aliphatic carbocycles. The summed E-state index contributed by atoms with van der Waals surface area (Å²) in [7, 11) is 0. The van der Waals surface area contributed by atoms with Gasteiger partial charge in [-0.15, -0.1) is 0 Å². The fourth-order valence-electron chi connectivity index (χ4n) is 3.90. The van der Waals surface area contributed by atoms with Crippen molar-refractivity contribution in [2.24, 2.45) is 0 Å². The maximum absolute atomic E-state index is 13.4. The minimum Gasteiger partial charge on any atom is -0.450 e. The molecule has 1 amide bonds. The number of benzene rings is 3. The second-order valence-electron chi connectivity index (χ2n) is 6.61. The van der Waals surface area contributed by atoms with Gasteiger partial charge in [0.25, 0.3) is 0 Å². The predicted octanol–water partition coefficient (Wildman–Crippen LogP) is 4.80. The van der Waals surface area contributed by atoms with E-state index < -0.39 is 12.1 Å². The number of rotatable bonds is 3. The summed E-state index contributed by atoms with van der Waals surface area (Å²) in [6, 6.07) is 17.6. The van der Waals surface area contributed by atoms with Gasteiger partial charge in [-0.05, 0) is 47.4 Å². The molecule has 0 aromatic heterocycles. The normalized spacial score (nSPS) is 17.0. The first-order chi connectivity index (χ1) is 12.7. The van der Waals surface area contributed by atoms with Crippen LogP contribution < -0.4 is 0 Å². The van der Waals surface area contributed by atoms with Crippen LogP contribution in [-0.4, -0.2) is 36.0 Å². The average molecular weight is 347 g/mol. The lowest BCUT2D eigenvalue weighted by atomic mass is 9.92. The van der Waals surface area contributed by atoms with Gasteiger partial charge >= 0.3 is 6.09 Å². The zero-order chi connectivity index (χ0) is 18.1. The van der Waals surface area contributed by atoms with Gasteiger partial charge in [-0.3, -0.25) is 9.69 Å². The van der Waals surface area contributed by atoms with Crippen LogP contribution in [0.25, 0.3) is 21.5 Å². The third kappa shape index (κ3) is 2.71. The van der Waals surface area contributed by atoms with Crippen LogP contribution in [0.3, 0.4) is 0 Å². The highest BCUT2D eigenvalue weighted by molar-refractivity contribution is 6.19. The van der Waals surface area contributed by atoms with Crippen LogP contribution in [-0.2, 0) is 4.74 Å². The number of carbonyl (C=O) groups excluding carboxylic acids is 2. The molecule has 1 aliphatic rings. The molecule has 0 saturated carbocycles. The summed E-state index contributed by atoms with van der Waals surface area (Å²) < 4.78 is 5.13. The summed E-state index contributed by atoms with van der Waals surface area (Å²) in [4.78, 5) is 27.2. The number of likely N-dealkylation sites (tertiary alicyclic amines) is 1. The fraction of sp³-hybridized carbons (Fsp3) is 0.273. The van der Waals surface area contributed by atoms with E-state index in [4.69, 9.17) is 4.74 Å². The van der Waals surface area contributed by atoms with Crippen molar-refractivity contribution in [3.05, 3.63) is 60.2 Å². The third-order valence-corrected chi connectivity index (χ3v) is 5.09. The number of Topliss-reactive ketones (excluding diaryl/α,β-unsaturated/α-hetero) is 1. The van der Waals surface area contributed by atoms with Crippen molar-refractivity contribution in [2.45, 2.75) is 25.8 Å². The lowest BCUT2D eigenvalue weighted by molar-refractivity contribution is 0.0776. The first-order valence-electron chi connectivity index (χ1n) is 9.09. The van der Waals surface area contributed by atoms with Crippen LogP contribution in [0.5, 0.6) is 0 Å². The fourth-order valence-corrected chi connectivity index (χ4v) is 3.90. The Morgan fingerprint density at radius 2 is 1.73 bits per heavy atom. The summed E-state index contributed by atoms with van der Waals surface area (Å²) in [5.41, 5.74) is 0.681. The zero-order valence-corrected chi connectivity index (χ0v) is 14.8. The van der Waals surface area contributed by atoms with E-state index in [0.29, 0.717) is 25.1 Å². The molecule has 0 spiro atoms. The van der Waals surface area contributed by atoms with E-state index in [1.807, 2.05) is 48.5 Å². The van der Waals surface area contributed by atoms with Gasteiger partial charge in [-0.25, -0.2) is 4.79 Å². The molecule has 0 radical (unpaired) electrons. The van der Waals surface area contributed by atoms with Crippen LogP contribution in [0.2, 0.25) is 0 Å². The smallest absolute Gasteiger partial charge is 0.410 e. The highest BCUT2D eigenvalue weighted by atomic mass is 16.6. The van der Waals surface area contributed by atoms with Crippen LogP contribution in [0.1, 0.15) is 30.1 Å². The molecule has 3 aromatic rings. The predicted molar refractivity (Wildman–Crippen MR) is 103 cm³/mol. The van der Waals surface area contributed by atoms with Crippen molar-refractivity contribution in [1.82, 2.24) is 4.90 Å². The first kappa shape index (κ1) is 16.6. The molecule has 3 aromatic carbocycles. The minimum absolute atomic E-state index is 0.00231. The number of ketones is 1. The van der Waals surface area contributed by atoms with Crippen molar-refractivity contribution < 1.29 is 14.3 Å². The maximum atomic E-state index is 13.4. The maximum Gasteiger partial charge on any atom is 0.410 e. The summed E-state index contributed by atoms with van der Waals surface area (Å²) in [6.07, 6.45) is 1.10. The number of fused-ring (bicyclic) bond motifs is 3. The summed E-state index contributed by atoms with van der Waals surface area (Å²) in [5.74, 6) is -0.00231.